The lowest BCUT2D eigenvalue weighted by Gasteiger charge is -2.17. The molecule has 1 aliphatic rings. The summed E-state index contributed by atoms with van der Waals surface area (Å²) in [5.74, 6) is -1.97. The third-order valence-corrected chi connectivity index (χ3v) is 7.44. The molecular weight excluding hydrogens is 592 g/mol. The van der Waals surface area contributed by atoms with Crippen molar-refractivity contribution in [2.75, 3.05) is 11.9 Å². The smallest absolute Gasteiger partial charge is 0.269 e. The van der Waals surface area contributed by atoms with E-state index in [0.29, 0.717) is 34.2 Å². The van der Waals surface area contributed by atoms with E-state index in [0.717, 1.165) is 22.8 Å². The molecule has 0 fully saturated rings. The molecular formula is C28H22Cl2FN5O4S. The molecule has 3 heterocycles. The van der Waals surface area contributed by atoms with Crippen LogP contribution in [0.2, 0.25) is 10.0 Å². The Balaban J connectivity index is 1.53. The van der Waals surface area contributed by atoms with Crippen LogP contribution in [0.3, 0.4) is 0 Å². The fraction of sp³-hybridized carbons (Fsp3) is 0.179. The number of amides is 2. The molecule has 0 aliphatic carbocycles. The summed E-state index contributed by atoms with van der Waals surface area (Å²) in [5, 5.41) is 5.94. The van der Waals surface area contributed by atoms with E-state index < -0.39 is 23.8 Å². The van der Waals surface area contributed by atoms with Crippen molar-refractivity contribution in [1.29, 1.82) is 0 Å². The lowest BCUT2D eigenvalue weighted by molar-refractivity contribution is -0.117. The van der Waals surface area contributed by atoms with Crippen molar-refractivity contribution in [3.8, 4) is 11.6 Å². The highest BCUT2D eigenvalue weighted by Crippen LogP contribution is 2.36. The number of halogens is 3. The van der Waals surface area contributed by atoms with Gasteiger partial charge in [0, 0.05) is 10.6 Å². The number of aliphatic imine (C=N–C) groups is 1. The Morgan fingerprint density at radius 3 is 2.73 bits per heavy atom. The van der Waals surface area contributed by atoms with Crippen molar-refractivity contribution in [2.45, 2.75) is 26.6 Å². The summed E-state index contributed by atoms with van der Waals surface area (Å²) in [6, 6.07) is 11.1. The standard InChI is InChI=1S/C28H22Cl2FN5O4S/c1-3-39-21-9-15(29)8-19(30)23(21)24-17-6-4-5-7-20(17)34-27(38)25(35-24)36-26(37)18-10-16(31)11-32-28(18)40-12-22-14(2)33-13-41-22/h4-11,13,25H,3,12H2,1-2H3,(H,34,38)(H,36,37). The fourth-order valence-corrected chi connectivity index (χ4v) is 5.36. The fourth-order valence-electron chi connectivity index (χ4n) is 4.11. The van der Waals surface area contributed by atoms with E-state index in [4.69, 9.17) is 32.7 Å². The predicted octanol–water partition coefficient (Wildman–Crippen LogP) is 5.82. The van der Waals surface area contributed by atoms with Gasteiger partial charge in [-0.05, 0) is 38.1 Å². The van der Waals surface area contributed by atoms with Crippen molar-refractivity contribution in [2.24, 2.45) is 4.99 Å². The maximum atomic E-state index is 14.2. The summed E-state index contributed by atoms with van der Waals surface area (Å²) in [5.41, 5.74) is 3.88. The molecule has 1 unspecified atom stereocenters. The summed E-state index contributed by atoms with van der Waals surface area (Å²) < 4.78 is 25.8. The Labute approximate surface area is 248 Å². The number of pyridine rings is 1. The summed E-state index contributed by atoms with van der Waals surface area (Å²) in [6.45, 7) is 4.01. The number of hydrogen-bond donors (Lipinski definition) is 2. The lowest BCUT2D eigenvalue weighted by atomic mass is 9.99. The molecule has 2 aromatic carbocycles. The Morgan fingerprint density at radius 2 is 1.98 bits per heavy atom. The van der Waals surface area contributed by atoms with Gasteiger partial charge in [0.05, 0.1) is 50.9 Å². The van der Waals surface area contributed by atoms with E-state index >= 15 is 0 Å². The number of aryl methyl sites for hydroxylation is 1. The van der Waals surface area contributed by atoms with Crippen molar-refractivity contribution in [3.05, 3.63) is 97.3 Å². The van der Waals surface area contributed by atoms with E-state index in [1.807, 2.05) is 6.92 Å². The first kappa shape index (κ1) is 28.5. The van der Waals surface area contributed by atoms with Crippen LogP contribution in [0.25, 0.3) is 0 Å². The molecule has 0 saturated carbocycles. The second-order valence-electron chi connectivity index (χ2n) is 8.74. The van der Waals surface area contributed by atoms with Crippen LogP contribution in [-0.4, -0.2) is 40.3 Å². The van der Waals surface area contributed by atoms with Gasteiger partial charge in [0.25, 0.3) is 11.8 Å². The number of nitrogens with one attached hydrogen (secondary N) is 2. The Bertz CT molecular complexity index is 1680. The molecule has 13 heteroatoms. The highest BCUT2D eigenvalue weighted by molar-refractivity contribution is 7.09. The Kier molecular flexibility index (Phi) is 8.48. The van der Waals surface area contributed by atoms with E-state index in [1.54, 1.807) is 42.8 Å². The maximum Gasteiger partial charge on any atom is 0.269 e. The number of carbonyl (C=O) groups is 2. The minimum absolute atomic E-state index is 0.0756. The van der Waals surface area contributed by atoms with Crippen molar-refractivity contribution in [3.63, 3.8) is 0 Å². The number of nitrogens with zero attached hydrogens (tertiary/aromatic N) is 3. The van der Waals surface area contributed by atoms with Gasteiger partial charge in [0.15, 0.2) is 0 Å². The minimum Gasteiger partial charge on any atom is -0.493 e. The van der Waals surface area contributed by atoms with E-state index in [-0.39, 0.29) is 28.8 Å². The number of benzodiazepines with no additional fused rings is 1. The summed E-state index contributed by atoms with van der Waals surface area (Å²) in [6.07, 6.45) is -0.500. The highest BCUT2D eigenvalue weighted by Gasteiger charge is 2.31. The number of fused-ring (bicyclic) bond motifs is 1. The van der Waals surface area contributed by atoms with E-state index in [9.17, 15) is 14.0 Å². The van der Waals surface area contributed by atoms with Crippen LogP contribution in [0, 0.1) is 12.7 Å². The van der Waals surface area contributed by atoms with Crippen molar-refractivity contribution < 1.29 is 23.5 Å². The molecule has 1 aliphatic heterocycles. The largest absolute Gasteiger partial charge is 0.493 e. The first-order valence-corrected chi connectivity index (χ1v) is 14.0. The molecule has 0 bridgehead atoms. The zero-order chi connectivity index (χ0) is 29.1. The van der Waals surface area contributed by atoms with Crippen LogP contribution < -0.4 is 20.1 Å². The molecule has 1 atom stereocenters. The van der Waals surface area contributed by atoms with Crippen LogP contribution in [-0.2, 0) is 11.4 Å². The number of hydrogen-bond acceptors (Lipinski definition) is 8. The van der Waals surface area contributed by atoms with Crippen LogP contribution >= 0.6 is 34.5 Å². The molecule has 0 saturated heterocycles. The summed E-state index contributed by atoms with van der Waals surface area (Å²) in [7, 11) is 0. The topological polar surface area (TPSA) is 115 Å². The number of aromatic nitrogens is 2. The van der Waals surface area contributed by atoms with Crippen molar-refractivity contribution >= 4 is 57.8 Å². The number of para-hydroxylation sites is 1. The minimum atomic E-state index is -1.44. The molecule has 5 rings (SSSR count). The number of thiazole rings is 1. The molecule has 0 radical (unpaired) electrons. The van der Waals surface area contributed by atoms with Gasteiger partial charge >= 0.3 is 0 Å². The van der Waals surface area contributed by atoms with Crippen LogP contribution in [0.1, 0.15) is 39.0 Å². The predicted molar refractivity (Wildman–Crippen MR) is 155 cm³/mol. The molecule has 2 aromatic heterocycles. The third kappa shape index (κ3) is 6.17. The van der Waals surface area contributed by atoms with Crippen LogP contribution in [0.15, 0.2) is 59.2 Å². The second-order valence-corrected chi connectivity index (χ2v) is 10.5. The number of rotatable bonds is 8. The average Bonchev–Trinajstić information content (AvgIpc) is 3.29. The number of ether oxygens (including phenoxy) is 2. The molecule has 9 nitrogen and oxygen atoms in total. The van der Waals surface area contributed by atoms with Gasteiger partial charge in [-0.3, -0.25) is 9.59 Å². The van der Waals surface area contributed by atoms with Gasteiger partial charge in [0.2, 0.25) is 12.0 Å². The quantitative estimate of drug-likeness (QED) is 0.259. The van der Waals surface area contributed by atoms with Gasteiger partial charge in [-0.1, -0.05) is 41.4 Å². The third-order valence-electron chi connectivity index (χ3n) is 6.02. The van der Waals surface area contributed by atoms with Crippen molar-refractivity contribution in [1.82, 2.24) is 15.3 Å². The second kappa shape index (κ2) is 12.2. The Hall–Kier alpha value is -4.06. The van der Waals surface area contributed by atoms with Crippen LogP contribution in [0.5, 0.6) is 11.6 Å². The van der Waals surface area contributed by atoms with Crippen LogP contribution in [0.4, 0.5) is 10.1 Å². The molecule has 0 spiro atoms. The lowest BCUT2D eigenvalue weighted by Crippen LogP contribution is -2.42. The molecule has 2 amide bonds. The zero-order valence-corrected chi connectivity index (χ0v) is 24.0. The number of benzene rings is 2. The van der Waals surface area contributed by atoms with Gasteiger partial charge < -0.3 is 20.1 Å². The SMILES string of the molecule is CCOc1cc(Cl)cc(Cl)c1C1=NC(NC(=O)c2cc(F)cnc2OCc2scnc2C)C(=O)Nc2ccccc21. The summed E-state index contributed by atoms with van der Waals surface area (Å²) >= 11 is 14.2. The van der Waals surface area contributed by atoms with Gasteiger partial charge in [-0.2, -0.15) is 0 Å². The number of carbonyl (C=O) groups excluding carboxylic acids is 2. The molecule has 41 heavy (non-hydrogen) atoms. The van der Waals surface area contributed by atoms with E-state index in [2.05, 4.69) is 25.6 Å². The first-order valence-electron chi connectivity index (χ1n) is 12.3. The van der Waals surface area contributed by atoms with Gasteiger partial charge in [0.1, 0.15) is 23.7 Å². The zero-order valence-electron chi connectivity index (χ0n) is 21.7. The molecule has 2 N–H and O–H groups in total. The summed E-state index contributed by atoms with van der Waals surface area (Å²) in [4.78, 5) is 40.3. The van der Waals surface area contributed by atoms with Gasteiger partial charge in [-0.15, -0.1) is 11.3 Å². The average molecular weight is 614 g/mol. The molecule has 4 aromatic rings. The molecule has 210 valence electrons. The monoisotopic (exact) mass is 613 g/mol. The van der Waals surface area contributed by atoms with E-state index in [1.165, 1.54) is 17.4 Å². The number of anilines is 1. The maximum absolute atomic E-state index is 14.2. The Morgan fingerprint density at radius 1 is 1.17 bits per heavy atom. The first-order chi connectivity index (χ1) is 19.7. The highest BCUT2D eigenvalue weighted by atomic mass is 35.5. The normalized spacial score (nSPS) is 14.4. The van der Waals surface area contributed by atoms with Gasteiger partial charge in [-0.25, -0.2) is 19.4 Å².